The molecule has 12 nitrogen and oxygen atoms in total. The molecule has 1 fully saturated rings. The van der Waals surface area contributed by atoms with Crippen molar-refractivity contribution in [2.24, 2.45) is 5.92 Å². The van der Waals surface area contributed by atoms with Crippen LogP contribution in [0.3, 0.4) is 0 Å². The topological polar surface area (TPSA) is 143 Å². The summed E-state index contributed by atoms with van der Waals surface area (Å²) in [7, 11) is 0. The Morgan fingerprint density at radius 2 is 1.36 bits per heavy atom. The summed E-state index contributed by atoms with van der Waals surface area (Å²) in [5, 5.41) is 12.6. The van der Waals surface area contributed by atoms with Gasteiger partial charge in [-0.3, -0.25) is 14.5 Å². The van der Waals surface area contributed by atoms with Crippen molar-refractivity contribution in [1.29, 1.82) is 0 Å². The third-order valence-corrected chi connectivity index (χ3v) is 14.6. The van der Waals surface area contributed by atoms with Crippen LogP contribution in [0.2, 0.25) is 0 Å². The first kappa shape index (κ1) is 40.9. The molecule has 0 radical (unpaired) electrons. The second-order valence-electron chi connectivity index (χ2n) is 12.8. The number of carbonyl (C=O) groups excluding carboxylic acids is 4. The molecular weight excluding hydrogens is 738 g/mol. The molecule has 288 valence electrons. The summed E-state index contributed by atoms with van der Waals surface area (Å²) in [5.41, 5.74) is 0.119. The molecule has 0 aliphatic carbocycles. The fourth-order valence-electron chi connectivity index (χ4n) is 6.57. The second kappa shape index (κ2) is 20.4. The van der Waals surface area contributed by atoms with Gasteiger partial charge in [-0.15, -0.1) is 5.10 Å². The zero-order valence-electron chi connectivity index (χ0n) is 30.9. The monoisotopic (exact) mass is 783 g/mol. The number of thioether (sulfide) groups is 1. The van der Waals surface area contributed by atoms with E-state index < -0.39 is 42.3 Å². The van der Waals surface area contributed by atoms with Crippen molar-refractivity contribution in [3.63, 3.8) is 0 Å². The van der Waals surface area contributed by atoms with Crippen LogP contribution >= 0.6 is 18.6 Å². The van der Waals surface area contributed by atoms with Crippen molar-refractivity contribution in [2.45, 2.75) is 63.5 Å². The van der Waals surface area contributed by atoms with Crippen molar-refractivity contribution in [3.05, 3.63) is 123 Å². The smallest absolute Gasteiger partial charge is 0.457 e. The van der Waals surface area contributed by atoms with Crippen LogP contribution in [0.1, 0.15) is 45.4 Å². The first-order valence-corrected chi connectivity index (χ1v) is 20.9. The fourth-order valence-corrected chi connectivity index (χ4v) is 12.4. The molecule has 0 bridgehead atoms. The summed E-state index contributed by atoms with van der Waals surface area (Å²) in [6, 6.07) is 28.8. The number of carbonyl (C=O) groups is 4. The molecule has 2 heterocycles. The number of tetrazole rings is 1. The molecule has 1 saturated heterocycles. The summed E-state index contributed by atoms with van der Waals surface area (Å²) < 4.78 is 18.2. The number of aromatic nitrogens is 4. The SMILES string of the molecule is C=CCOC(=O)O[C@H](C)[C@H]1C(=O)N(C(C(=O)OCC=C)=P(c2ccccc2)(c2ccccc2)c2ccccc2)[C@@H]1SC(=O)CCCCCCCn1cnnn1. The van der Waals surface area contributed by atoms with Crippen LogP contribution < -0.4 is 15.9 Å². The Morgan fingerprint density at radius 3 is 1.91 bits per heavy atom. The van der Waals surface area contributed by atoms with Gasteiger partial charge in [0.1, 0.15) is 42.4 Å². The predicted octanol–water partition coefficient (Wildman–Crippen LogP) is 5.64. The van der Waals surface area contributed by atoms with E-state index in [1.165, 1.54) is 17.1 Å². The zero-order valence-corrected chi connectivity index (χ0v) is 32.6. The second-order valence-corrected chi connectivity index (χ2v) is 17.3. The lowest BCUT2D eigenvalue weighted by Gasteiger charge is -2.50. The summed E-state index contributed by atoms with van der Waals surface area (Å²) in [6.45, 7) is 6.22. The van der Waals surface area contributed by atoms with Gasteiger partial charge in [-0.2, -0.15) is 0 Å². The molecule has 0 N–H and O–H groups in total. The molecule has 1 amide bonds. The number of benzene rings is 3. The van der Waals surface area contributed by atoms with Gasteiger partial charge in [0.15, 0.2) is 5.12 Å². The minimum atomic E-state index is -3.22. The van der Waals surface area contributed by atoms with Crippen LogP contribution in [0, 0.1) is 5.92 Å². The van der Waals surface area contributed by atoms with Crippen LogP contribution in [0.15, 0.2) is 123 Å². The number of hydrogen-bond acceptors (Lipinski definition) is 11. The van der Waals surface area contributed by atoms with Crippen molar-refractivity contribution < 1.29 is 33.4 Å². The number of β-lactam (4-membered cyclic amide) rings is 1. The molecule has 3 aromatic carbocycles. The lowest BCUT2D eigenvalue weighted by Crippen LogP contribution is -2.67. The predicted molar refractivity (Wildman–Crippen MR) is 216 cm³/mol. The average Bonchev–Trinajstić information content (AvgIpc) is 3.73. The molecule has 1 aliphatic rings. The maximum atomic E-state index is 14.7. The number of esters is 1. The normalized spacial score (nSPS) is 15.7. The summed E-state index contributed by atoms with van der Waals surface area (Å²) >= 11 is 0.979. The van der Waals surface area contributed by atoms with Crippen molar-refractivity contribution in [1.82, 2.24) is 25.1 Å². The maximum Gasteiger partial charge on any atom is 0.508 e. The number of ether oxygens (including phenoxy) is 3. The van der Waals surface area contributed by atoms with Crippen LogP contribution in [0.5, 0.6) is 0 Å². The number of nitrogens with zero attached hydrogens (tertiary/aromatic N) is 5. The average molecular weight is 784 g/mol. The highest BCUT2D eigenvalue weighted by Gasteiger charge is 2.57. The van der Waals surface area contributed by atoms with E-state index in [4.69, 9.17) is 14.2 Å². The Bertz CT molecular complexity index is 1860. The van der Waals surface area contributed by atoms with E-state index >= 15 is 0 Å². The number of likely N-dealkylation sites (tertiary alicyclic amines) is 1. The van der Waals surface area contributed by atoms with Crippen LogP contribution in [0.4, 0.5) is 4.79 Å². The third kappa shape index (κ3) is 9.89. The fraction of sp³-hybridized carbons (Fsp3) is 0.317. The van der Waals surface area contributed by atoms with Gasteiger partial charge in [0, 0.05) is 19.9 Å². The van der Waals surface area contributed by atoms with E-state index in [0.29, 0.717) is 6.42 Å². The van der Waals surface area contributed by atoms with Gasteiger partial charge in [-0.25, -0.2) is 14.3 Å². The molecule has 14 heteroatoms. The molecule has 0 spiro atoms. The molecule has 0 saturated carbocycles. The first-order chi connectivity index (χ1) is 26.8. The van der Waals surface area contributed by atoms with Gasteiger partial charge in [-0.05, 0) is 46.1 Å². The highest BCUT2D eigenvalue weighted by Crippen LogP contribution is 2.51. The lowest BCUT2D eigenvalue weighted by molar-refractivity contribution is -0.152. The van der Waals surface area contributed by atoms with Crippen LogP contribution in [0.25, 0.3) is 0 Å². The largest absolute Gasteiger partial charge is 0.508 e. The highest BCUT2D eigenvalue weighted by atomic mass is 32.2. The van der Waals surface area contributed by atoms with E-state index in [9.17, 15) is 19.2 Å². The van der Waals surface area contributed by atoms with Crippen LogP contribution in [-0.2, 0) is 35.1 Å². The van der Waals surface area contributed by atoms with Gasteiger partial charge in [-0.1, -0.05) is 147 Å². The van der Waals surface area contributed by atoms with Crippen molar-refractivity contribution in [2.75, 3.05) is 13.2 Å². The Morgan fingerprint density at radius 1 is 0.818 bits per heavy atom. The lowest BCUT2D eigenvalue weighted by atomic mass is 9.92. The number of hydrogen-bond donors (Lipinski definition) is 0. The van der Waals surface area contributed by atoms with Crippen molar-refractivity contribution in [3.8, 4) is 0 Å². The number of rotatable bonds is 20. The molecule has 55 heavy (non-hydrogen) atoms. The van der Waals surface area contributed by atoms with Gasteiger partial charge < -0.3 is 14.2 Å². The van der Waals surface area contributed by atoms with Gasteiger partial charge in [0.2, 0.25) is 5.91 Å². The van der Waals surface area contributed by atoms with Crippen molar-refractivity contribution >= 4 is 63.1 Å². The van der Waals surface area contributed by atoms with E-state index in [0.717, 1.165) is 59.9 Å². The Balaban J connectivity index is 1.57. The van der Waals surface area contributed by atoms with Crippen LogP contribution in [-0.4, -0.2) is 78.4 Å². The number of aryl methyl sites for hydroxylation is 1. The molecular formula is C41H46N5O7PS. The summed E-state index contributed by atoms with van der Waals surface area (Å²) in [4.78, 5) is 57.3. The summed E-state index contributed by atoms with van der Waals surface area (Å²) in [5.74, 6) is -2.16. The van der Waals surface area contributed by atoms with Gasteiger partial charge >= 0.3 is 12.1 Å². The van der Waals surface area contributed by atoms with Gasteiger partial charge in [0.05, 0.1) is 0 Å². The number of amides is 1. The molecule has 4 aromatic rings. The first-order valence-electron chi connectivity index (χ1n) is 18.2. The summed E-state index contributed by atoms with van der Waals surface area (Å²) in [6.07, 6.45) is 7.04. The molecule has 3 atom stereocenters. The molecule has 5 rings (SSSR count). The van der Waals surface area contributed by atoms with E-state index in [2.05, 4.69) is 28.7 Å². The molecule has 1 aliphatic heterocycles. The third-order valence-electron chi connectivity index (χ3n) is 9.09. The highest BCUT2D eigenvalue weighted by molar-refractivity contribution is 8.14. The Labute approximate surface area is 325 Å². The Hall–Kier alpha value is -5.26. The number of unbranched alkanes of at least 4 members (excludes halogenated alkanes) is 4. The van der Waals surface area contributed by atoms with E-state index in [1.807, 2.05) is 91.0 Å². The standard InChI is InChI=1S/C41H46N5O7PS/c1-4-28-51-40(49)38(54(32-20-12-9-13-21-32,33-22-14-10-15-23-33)34-24-16-11-17-25-34)46-37(48)36(31(3)53-41(50)52-29-5-2)39(46)55-35(47)26-18-7-6-8-19-27-45-30-42-43-44-45/h4-5,9-17,20-25,30-31,36,39H,1-2,6-8,18-19,26-29H2,3H3/t31-,36+,39-/m1/s1. The minimum absolute atomic E-state index is 0.0735. The Kier molecular flexibility index (Phi) is 15.2. The quantitative estimate of drug-likeness (QED) is 0.0362. The van der Waals surface area contributed by atoms with E-state index in [1.54, 1.807) is 17.9 Å². The maximum absolute atomic E-state index is 14.7. The zero-order chi connectivity index (χ0) is 39.0. The minimum Gasteiger partial charge on any atom is -0.457 e. The molecule has 1 aromatic heterocycles. The van der Waals surface area contributed by atoms with E-state index in [-0.39, 0.29) is 30.2 Å². The van der Waals surface area contributed by atoms with Gasteiger partial charge in [0.25, 0.3) is 0 Å². The molecule has 0 unspecified atom stereocenters.